The number of nitrogens with zero attached hydrogens (tertiary/aromatic N) is 4. The number of aliphatic hydroxyl groups is 2. The van der Waals surface area contributed by atoms with E-state index in [0.29, 0.717) is 5.92 Å². The lowest BCUT2D eigenvalue weighted by molar-refractivity contribution is -0.113. The minimum atomic E-state index is -4.74. The molecule has 0 aromatic carbocycles. The normalized spacial score (nSPS) is 38.4. The monoisotopic (exact) mass is 662 g/mol. The van der Waals surface area contributed by atoms with Gasteiger partial charge in [0, 0.05) is 11.7 Å². The molecule has 5 fully saturated rings. The predicted octanol–water partition coefficient (Wildman–Crippen LogP) is 2.77. The number of halogens is 1. The molecule has 1 saturated heterocycles. The molecule has 2 amide bonds. The van der Waals surface area contributed by atoms with Crippen molar-refractivity contribution >= 4 is 49.6 Å². The van der Waals surface area contributed by atoms with Gasteiger partial charge in [-0.3, -0.25) is 19.0 Å². The van der Waals surface area contributed by atoms with E-state index in [9.17, 15) is 29.0 Å². The molecule has 1 aliphatic heterocycles. The number of fused-ring (bicyclic) bond motifs is 1. The molecule has 238 valence electrons. The second kappa shape index (κ2) is 10.4. The molecule has 43 heavy (non-hydrogen) atoms. The highest BCUT2D eigenvalue weighted by Gasteiger charge is 2.60. The topological polar surface area (TPSA) is 229 Å². The van der Waals surface area contributed by atoms with Crippen LogP contribution < -0.4 is 10.6 Å². The van der Waals surface area contributed by atoms with Gasteiger partial charge >= 0.3 is 13.6 Å². The maximum Gasteiger partial charge on any atom is 0.335 e. The zero-order chi connectivity index (χ0) is 31.2. The van der Waals surface area contributed by atoms with Crippen LogP contribution in [0.25, 0.3) is 11.2 Å². The summed E-state index contributed by atoms with van der Waals surface area (Å²) in [6, 6.07) is -0.434. The van der Waals surface area contributed by atoms with Crippen LogP contribution in [0.4, 0.5) is 10.6 Å². The third-order valence-corrected chi connectivity index (χ3v) is 13.8. The van der Waals surface area contributed by atoms with Crippen molar-refractivity contribution in [2.45, 2.75) is 88.9 Å². The first kappa shape index (κ1) is 31.3. The van der Waals surface area contributed by atoms with Crippen molar-refractivity contribution in [2.24, 2.45) is 16.7 Å². The molecule has 0 radical (unpaired) electrons. The van der Waals surface area contributed by atoms with Crippen LogP contribution in [-0.4, -0.2) is 86.4 Å². The van der Waals surface area contributed by atoms with Gasteiger partial charge < -0.3 is 34.9 Å². The number of aromatic nitrogens is 4. The Hall–Kier alpha value is -1.67. The van der Waals surface area contributed by atoms with Crippen LogP contribution in [0, 0.1) is 16.7 Å². The average Bonchev–Trinajstić information content (AvgIpc) is 3.34. The third kappa shape index (κ3) is 6.25. The molecule has 4 bridgehead atoms. The maximum absolute atomic E-state index is 13.4. The Morgan fingerprint density at radius 3 is 2.40 bits per heavy atom. The quantitative estimate of drug-likeness (QED) is 0.160. The van der Waals surface area contributed by atoms with Gasteiger partial charge in [-0.1, -0.05) is 13.8 Å². The summed E-state index contributed by atoms with van der Waals surface area (Å²) in [4.78, 5) is 54.1. The van der Waals surface area contributed by atoms with E-state index < -0.39 is 57.6 Å². The molecule has 4 aliphatic carbocycles. The molecule has 0 spiro atoms. The average molecular weight is 663 g/mol. The lowest BCUT2D eigenvalue weighted by atomic mass is 9.43. The van der Waals surface area contributed by atoms with Crippen molar-refractivity contribution in [3.05, 3.63) is 11.6 Å². The second-order valence-corrected chi connectivity index (χ2v) is 18.8. The molecule has 2 aromatic rings. The van der Waals surface area contributed by atoms with Crippen LogP contribution in [0.5, 0.6) is 0 Å². The van der Waals surface area contributed by atoms with Gasteiger partial charge in [0.05, 0.1) is 12.4 Å². The number of anilines is 1. The predicted molar refractivity (Wildman–Crippen MR) is 155 cm³/mol. The molecular formula is C25H37ClN6O9P2. The Kier molecular flexibility index (Phi) is 7.60. The van der Waals surface area contributed by atoms with Gasteiger partial charge in [-0.25, -0.2) is 9.78 Å². The van der Waals surface area contributed by atoms with Gasteiger partial charge in [0.25, 0.3) is 0 Å². The third-order valence-electron chi connectivity index (χ3n) is 9.41. The zero-order valence-corrected chi connectivity index (χ0v) is 26.3. The summed E-state index contributed by atoms with van der Waals surface area (Å²) in [7, 11) is -8.96. The van der Waals surface area contributed by atoms with E-state index in [-0.39, 0.29) is 45.1 Å². The van der Waals surface area contributed by atoms with Gasteiger partial charge in [0.2, 0.25) is 12.7 Å². The van der Waals surface area contributed by atoms with Crippen LogP contribution in [0.15, 0.2) is 6.33 Å². The Morgan fingerprint density at radius 2 is 1.77 bits per heavy atom. The number of imidazole rings is 1. The van der Waals surface area contributed by atoms with Gasteiger partial charge in [0.15, 0.2) is 23.2 Å². The van der Waals surface area contributed by atoms with Crippen molar-refractivity contribution in [2.75, 3.05) is 17.4 Å². The van der Waals surface area contributed by atoms with E-state index in [1.807, 2.05) is 0 Å². The summed E-state index contributed by atoms with van der Waals surface area (Å²) in [5.41, 5.74) is 0.364. The number of carbonyl (C=O) groups excluding carboxylic acids is 1. The number of rotatable bonds is 8. The maximum atomic E-state index is 13.4. The number of ether oxygens (including phenoxy) is 1. The van der Waals surface area contributed by atoms with E-state index in [1.165, 1.54) is 30.2 Å². The molecule has 7 N–H and O–H groups in total. The molecule has 5 aliphatic rings. The lowest BCUT2D eigenvalue weighted by Crippen LogP contribution is -2.65. The second-order valence-electron chi connectivity index (χ2n) is 13.9. The molecule has 4 saturated carbocycles. The van der Waals surface area contributed by atoms with Crippen LogP contribution in [0.3, 0.4) is 0 Å². The standard InChI is InChI=1S/C25H37ClN6O9P2/c1-23-5-13-6-24(2,8-23)10-25(7-13,9-23)31-22(35)29-18-15-19(30-21(26)28-18)32(11-27-15)20-17(34)16(33)14(41-20)3-4-42(36,37)12-43(38,39)40/h11,13-14,16-17,20,33-34H,3-10,12H2,1-2H3,(H,36,37)(H2,38,39,40)(H2,28,29,30,31,35)/t13?,14-,16+,17?,20-,23-,24+,25?/m1/s1. The number of nitrogens with one attached hydrogen (secondary N) is 2. The number of amides is 2. The first-order chi connectivity index (χ1) is 19.9. The number of hydrogen-bond donors (Lipinski definition) is 7. The molecule has 18 heteroatoms. The highest BCUT2D eigenvalue weighted by Crippen LogP contribution is 2.66. The van der Waals surface area contributed by atoms with E-state index >= 15 is 0 Å². The molecule has 2 aromatic heterocycles. The van der Waals surface area contributed by atoms with Crippen molar-refractivity contribution < 1.29 is 43.6 Å². The summed E-state index contributed by atoms with van der Waals surface area (Å²) < 4.78 is 30.5. The van der Waals surface area contributed by atoms with Crippen molar-refractivity contribution in [3.8, 4) is 0 Å². The summed E-state index contributed by atoms with van der Waals surface area (Å²) in [5.74, 6) is -0.563. The first-order valence-electron chi connectivity index (χ1n) is 14.2. The fourth-order valence-corrected chi connectivity index (χ4v) is 12.7. The van der Waals surface area contributed by atoms with E-state index in [0.717, 1.165) is 19.3 Å². The molecule has 4 unspecified atom stereocenters. The fourth-order valence-electron chi connectivity index (χ4n) is 9.02. The van der Waals surface area contributed by atoms with Crippen molar-refractivity contribution in [3.63, 3.8) is 0 Å². The van der Waals surface area contributed by atoms with E-state index in [4.69, 9.17) is 26.1 Å². The zero-order valence-electron chi connectivity index (χ0n) is 23.8. The number of aliphatic hydroxyl groups excluding tert-OH is 2. The SMILES string of the molecule is C[C@]12CC3CC(NC(=O)Nc4nc(Cl)nc5c4ncn5[C@@H]4O[C@H](CCP(=O)(O)CP(=O)(O)O)[C@H](O)C4O)(C1)C[C@@](C)(C3)C2. The smallest absolute Gasteiger partial charge is 0.335 e. The lowest BCUT2D eigenvalue weighted by Gasteiger charge is -2.65. The summed E-state index contributed by atoms with van der Waals surface area (Å²) in [6.45, 7) is 4.63. The Labute approximate surface area is 252 Å². The first-order valence-corrected chi connectivity index (χ1v) is 18.4. The summed E-state index contributed by atoms with van der Waals surface area (Å²) in [6.07, 6.45) is 1.45. The highest BCUT2D eigenvalue weighted by atomic mass is 35.5. The summed E-state index contributed by atoms with van der Waals surface area (Å²) >= 11 is 6.22. The highest BCUT2D eigenvalue weighted by molar-refractivity contribution is 7.72. The van der Waals surface area contributed by atoms with Crippen LogP contribution in [0.1, 0.15) is 65.0 Å². The number of carbonyl (C=O) groups is 1. The number of urea groups is 1. The van der Waals surface area contributed by atoms with Crippen LogP contribution in [0.2, 0.25) is 5.28 Å². The largest absolute Gasteiger partial charge is 0.388 e. The van der Waals surface area contributed by atoms with Crippen molar-refractivity contribution in [1.82, 2.24) is 24.8 Å². The van der Waals surface area contributed by atoms with E-state index in [2.05, 4.69) is 39.4 Å². The Bertz CT molecular complexity index is 1530. The van der Waals surface area contributed by atoms with Gasteiger partial charge in [-0.05, 0) is 73.3 Å². The van der Waals surface area contributed by atoms with Crippen molar-refractivity contribution in [1.29, 1.82) is 0 Å². The summed E-state index contributed by atoms with van der Waals surface area (Å²) in [5, 5.41) is 27.2. The Balaban J connectivity index is 1.18. The molecule has 7 rings (SSSR count). The minimum absolute atomic E-state index is 0.0524. The molecule has 15 nitrogen and oxygen atoms in total. The van der Waals surface area contributed by atoms with Crippen LogP contribution in [-0.2, 0) is 13.9 Å². The van der Waals surface area contributed by atoms with E-state index in [1.54, 1.807) is 0 Å². The van der Waals surface area contributed by atoms with Gasteiger partial charge in [-0.15, -0.1) is 0 Å². The van der Waals surface area contributed by atoms with Gasteiger partial charge in [-0.2, -0.15) is 9.97 Å². The minimum Gasteiger partial charge on any atom is -0.388 e. The molecule has 9 atom stereocenters. The molecule has 3 heterocycles. The van der Waals surface area contributed by atoms with Gasteiger partial charge in [0.1, 0.15) is 18.1 Å². The Morgan fingerprint density at radius 1 is 1.09 bits per heavy atom. The molecular weight excluding hydrogens is 626 g/mol. The van der Waals surface area contributed by atoms with Crippen LogP contribution >= 0.6 is 26.6 Å². The number of hydrogen-bond acceptors (Lipinski definition) is 9. The fraction of sp³-hybridized carbons (Fsp3) is 0.760.